The number of anilines is 2. The van der Waals surface area contributed by atoms with Crippen molar-refractivity contribution >= 4 is 43.2 Å². The van der Waals surface area contributed by atoms with E-state index in [0.717, 1.165) is 5.56 Å². The van der Waals surface area contributed by atoms with Crippen molar-refractivity contribution < 1.29 is 48.7 Å². The molecule has 0 saturated carbocycles. The zero-order valence-corrected chi connectivity index (χ0v) is 32.7. The van der Waals surface area contributed by atoms with Gasteiger partial charge in [-0.1, -0.05) is 66.2 Å². The number of aromatic nitrogens is 3. The molecule has 0 radical (unpaired) electrons. The second-order valence-corrected chi connectivity index (χ2v) is 19.5. The van der Waals surface area contributed by atoms with Crippen LogP contribution in [-0.4, -0.2) is 104 Å². The van der Waals surface area contributed by atoms with Crippen LogP contribution >= 0.6 is 11.6 Å². The predicted molar refractivity (Wildman–Crippen MR) is 205 cm³/mol. The number of aryl methyl sites for hydroxylation is 1. The highest BCUT2D eigenvalue weighted by Crippen LogP contribution is 2.60. The number of aliphatic hydroxyl groups excluding tert-OH is 5. The monoisotopic (exact) mass is 809 g/mol. The largest absolute Gasteiger partial charge is 0.395 e. The molecule has 2 amide bonds. The van der Waals surface area contributed by atoms with Crippen LogP contribution in [0.25, 0.3) is 0 Å². The van der Waals surface area contributed by atoms with Gasteiger partial charge in [0.15, 0.2) is 18.0 Å². The summed E-state index contributed by atoms with van der Waals surface area (Å²) in [5, 5.41) is 61.8. The van der Waals surface area contributed by atoms with E-state index in [2.05, 4.69) is 15.6 Å². The number of carbonyl (C=O) groups is 2. The third-order valence-electron chi connectivity index (χ3n) is 11.2. The first-order valence-corrected chi connectivity index (χ1v) is 21.8. The summed E-state index contributed by atoms with van der Waals surface area (Å²) in [7, 11) is -3.48. The first-order chi connectivity index (χ1) is 26.6. The maximum absolute atomic E-state index is 16.4. The van der Waals surface area contributed by atoms with Gasteiger partial charge in [-0.05, 0) is 61.0 Å². The molecule has 1 aromatic heterocycles. The number of nitrogens with zero attached hydrogens (tertiary/aromatic N) is 4. The van der Waals surface area contributed by atoms with Crippen LogP contribution in [-0.2, 0) is 37.8 Å². The number of fused-ring (bicyclic) bond motifs is 2. The summed E-state index contributed by atoms with van der Waals surface area (Å²) in [5.41, 5.74) is 1.35. The third kappa shape index (κ3) is 7.29. The molecule has 298 valence electrons. The second kappa shape index (κ2) is 15.7. The first kappa shape index (κ1) is 40.1. The number of amides is 2. The summed E-state index contributed by atoms with van der Waals surface area (Å²) < 4.78 is 30.0. The van der Waals surface area contributed by atoms with Crippen LogP contribution in [0.4, 0.5) is 15.5 Å². The molecule has 0 bridgehead atoms. The maximum atomic E-state index is 16.4. The fourth-order valence-corrected chi connectivity index (χ4v) is 11.3. The van der Waals surface area contributed by atoms with Crippen LogP contribution in [0.2, 0.25) is 23.7 Å². The van der Waals surface area contributed by atoms with Gasteiger partial charge < -0.3 is 49.3 Å². The van der Waals surface area contributed by atoms with Crippen LogP contribution in [0.3, 0.4) is 0 Å². The Hall–Kier alpha value is -4.10. The smallest absolute Gasteiger partial charge is 0.264 e. The average Bonchev–Trinajstić information content (AvgIpc) is 3.82. The van der Waals surface area contributed by atoms with E-state index in [1.54, 1.807) is 71.3 Å². The molecular formula is C39H45ClFN5O9Si. The Morgan fingerprint density at radius 2 is 1.79 bits per heavy atom. The molecule has 3 aromatic carbocycles. The van der Waals surface area contributed by atoms with E-state index in [-0.39, 0.29) is 30.7 Å². The minimum atomic E-state index is -3.48. The Labute approximate surface area is 328 Å². The minimum absolute atomic E-state index is 0.0438. The van der Waals surface area contributed by atoms with E-state index >= 15 is 4.11 Å². The van der Waals surface area contributed by atoms with Crippen molar-refractivity contribution in [1.82, 2.24) is 15.0 Å². The van der Waals surface area contributed by atoms with Gasteiger partial charge in [-0.25, -0.2) is 0 Å². The van der Waals surface area contributed by atoms with Gasteiger partial charge in [-0.3, -0.25) is 14.3 Å². The molecule has 3 aliphatic heterocycles. The molecule has 1 unspecified atom stereocenters. The molecule has 0 aliphatic carbocycles. The van der Waals surface area contributed by atoms with Crippen molar-refractivity contribution in [2.24, 2.45) is 5.92 Å². The number of hydrogen-bond donors (Lipinski definition) is 6. The van der Waals surface area contributed by atoms with Crippen molar-refractivity contribution in [1.29, 1.82) is 0 Å². The topological polar surface area (TPSA) is 200 Å². The van der Waals surface area contributed by atoms with E-state index < -0.39 is 68.2 Å². The Morgan fingerprint density at radius 3 is 2.50 bits per heavy atom. The molecule has 10 atom stereocenters. The highest BCUT2D eigenvalue weighted by molar-refractivity contribution is 6.72. The van der Waals surface area contributed by atoms with Gasteiger partial charge in [-0.15, -0.1) is 5.10 Å². The van der Waals surface area contributed by atoms with Gasteiger partial charge in [0.25, 0.3) is 11.8 Å². The number of nitrogens with one attached hydrogen (secondary N) is 1. The number of rotatable bonds is 11. The number of halogens is 2. The van der Waals surface area contributed by atoms with E-state index in [1.165, 1.54) is 0 Å². The Morgan fingerprint density at radius 1 is 1.04 bits per heavy atom. The lowest BCUT2D eigenvalue weighted by Crippen LogP contribution is -2.60. The summed E-state index contributed by atoms with van der Waals surface area (Å²) >= 11 is 6.55. The number of hydrogen-bond acceptors (Lipinski definition) is 11. The predicted octanol–water partition coefficient (Wildman–Crippen LogP) is 3.21. The van der Waals surface area contributed by atoms with E-state index in [4.69, 9.17) is 21.1 Å². The van der Waals surface area contributed by atoms with Crippen molar-refractivity contribution in [2.75, 3.05) is 16.8 Å². The molecule has 3 aliphatic rings. The van der Waals surface area contributed by atoms with Crippen LogP contribution in [0, 0.1) is 5.92 Å². The number of aliphatic hydroxyl groups is 5. The van der Waals surface area contributed by atoms with Gasteiger partial charge in [0, 0.05) is 40.5 Å². The Kier molecular flexibility index (Phi) is 11.2. The highest BCUT2D eigenvalue weighted by atomic mass is 35.5. The fraction of sp³-hybridized carbons (Fsp3) is 0.436. The molecular weight excluding hydrogens is 765 g/mol. The minimum Gasteiger partial charge on any atom is -0.395 e. The standard InChI is InChI=1S/C39H45ClFN5O9Si/c1-21-35(56(2,3)41)30(14-15-45-19-28(43-44-45)26(20-47)23-9-5-4-6-10-23)55-39(21)27-17-24(40)12-13-29(27)46(38(39)53)18-22-8-7-11-25(16-22)42-36(51)34-32(49)31(48)33(50)37(52)54-34/h4-13,16-17,19,21,26,30-35,37,47-50,52H,14-15,18,20H2,1-3H3,(H,42,51)/t21-,26?,30+,31+,32+,33-,34+,35-,37-,39+/m1/s1. The molecule has 4 heterocycles. The van der Waals surface area contributed by atoms with E-state index in [1.807, 2.05) is 37.3 Å². The number of benzene rings is 3. The quantitative estimate of drug-likeness (QED) is 0.0961. The van der Waals surface area contributed by atoms with Gasteiger partial charge in [-0.2, -0.15) is 0 Å². The summed E-state index contributed by atoms with van der Waals surface area (Å²) in [5.74, 6) is -2.18. The van der Waals surface area contributed by atoms with Crippen LogP contribution < -0.4 is 10.2 Å². The number of carbonyl (C=O) groups excluding carboxylic acids is 2. The second-order valence-electron chi connectivity index (χ2n) is 15.3. The highest BCUT2D eigenvalue weighted by Gasteiger charge is 2.66. The van der Waals surface area contributed by atoms with Crippen LogP contribution in [0.15, 0.2) is 79.0 Å². The summed E-state index contributed by atoms with van der Waals surface area (Å²) in [6.45, 7) is 5.32. The summed E-state index contributed by atoms with van der Waals surface area (Å²) in [4.78, 5) is 29.5. The molecule has 14 nitrogen and oxygen atoms in total. The molecule has 2 saturated heterocycles. The van der Waals surface area contributed by atoms with Gasteiger partial charge in [0.1, 0.15) is 18.3 Å². The third-order valence-corrected chi connectivity index (χ3v) is 13.9. The average molecular weight is 810 g/mol. The lowest BCUT2D eigenvalue weighted by Gasteiger charge is -2.37. The summed E-state index contributed by atoms with van der Waals surface area (Å²) in [6.07, 6.45) is -7.51. The van der Waals surface area contributed by atoms with Crippen LogP contribution in [0.1, 0.15) is 41.6 Å². The lowest BCUT2D eigenvalue weighted by atomic mass is 9.82. The Bertz CT molecular complexity index is 2070. The van der Waals surface area contributed by atoms with Gasteiger partial charge >= 0.3 is 0 Å². The molecule has 7 rings (SSSR count). The van der Waals surface area contributed by atoms with Crippen LogP contribution in [0.5, 0.6) is 0 Å². The zero-order chi connectivity index (χ0) is 40.1. The SMILES string of the molecule is C[C@@H]1[C@@H]([Si](C)(C)F)[C@H](CCn2cc(C(CO)c3ccccc3)nn2)O[C@@]12C(=O)N(Cc1cccc(NC(=O)[C@H]3O[C@@H](O)[C@H](O)[C@@H](O)[C@@H]3O)c1)c1ccc(Cl)cc12. The fourth-order valence-electron chi connectivity index (χ4n) is 8.56. The molecule has 1 spiro atoms. The maximum Gasteiger partial charge on any atom is 0.264 e. The van der Waals surface area contributed by atoms with Crippen molar-refractivity contribution in [3.8, 4) is 0 Å². The summed E-state index contributed by atoms with van der Waals surface area (Å²) in [6, 6.07) is 21.2. The molecule has 17 heteroatoms. The van der Waals surface area contributed by atoms with Crippen molar-refractivity contribution in [3.05, 3.63) is 106 Å². The normalized spacial score (nSPS) is 29.5. The van der Waals surface area contributed by atoms with E-state index in [9.17, 15) is 35.1 Å². The lowest BCUT2D eigenvalue weighted by molar-refractivity contribution is -0.274. The molecule has 6 N–H and O–H groups in total. The van der Waals surface area contributed by atoms with Gasteiger partial charge in [0.2, 0.25) is 8.41 Å². The molecule has 4 aromatic rings. The molecule has 2 fully saturated rings. The molecule has 56 heavy (non-hydrogen) atoms. The first-order valence-electron chi connectivity index (χ1n) is 18.5. The van der Waals surface area contributed by atoms with Crippen molar-refractivity contribution in [3.63, 3.8) is 0 Å². The van der Waals surface area contributed by atoms with Crippen molar-refractivity contribution in [2.45, 2.75) is 93.4 Å². The zero-order valence-electron chi connectivity index (χ0n) is 30.9. The Balaban J connectivity index is 1.12. The van der Waals surface area contributed by atoms with Gasteiger partial charge in [0.05, 0.1) is 36.6 Å². The van der Waals surface area contributed by atoms with E-state index in [0.29, 0.717) is 40.5 Å². The number of ether oxygens (including phenoxy) is 2.